The lowest BCUT2D eigenvalue weighted by Gasteiger charge is -2.08. The van der Waals surface area contributed by atoms with E-state index in [0.29, 0.717) is 17.2 Å². The molecule has 3 heteroatoms. The molecule has 20 heavy (non-hydrogen) atoms. The average Bonchev–Trinajstić information content (AvgIpc) is 2.40. The zero-order valence-electron chi connectivity index (χ0n) is 12.5. The summed E-state index contributed by atoms with van der Waals surface area (Å²) in [5.74, 6) is 0.595. The van der Waals surface area contributed by atoms with Crippen LogP contribution in [0.15, 0.2) is 30.3 Å². The largest absolute Gasteiger partial charge is 0.289 e. The van der Waals surface area contributed by atoms with Crippen LogP contribution in [-0.2, 0) is 6.42 Å². The molecule has 0 aliphatic heterocycles. The van der Waals surface area contributed by atoms with Crippen molar-refractivity contribution in [3.8, 4) is 0 Å². The predicted molar refractivity (Wildman–Crippen MR) is 79.9 cm³/mol. The van der Waals surface area contributed by atoms with E-state index in [4.69, 9.17) is 0 Å². The van der Waals surface area contributed by atoms with Gasteiger partial charge in [-0.05, 0) is 43.9 Å². The number of aryl methyl sites for hydroxylation is 2. The van der Waals surface area contributed by atoms with E-state index >= 15 is 0 Å². The normalized spacial score (nSPS) is 10.8. The Kier molecular flexibility index (Phi) is 4.28. The standard InChI is InChI=1S/C17H20N2O/c1-11(2)8-14-6-5-7-15(10-14)17(20)16-9-12(3)18-19-13(16)4/h5-7,9-11H,8H2,1-4H3. The van der Waals surface area contributed by atoms with Gasteiger partial charge in [-0.25, -0.2) is 0 Å². The minimum atomic E-state index is 0.0195. The number of nitrogens with zero attached hydrogens (tertiary/aromatic N) is 2. The van der Waals surface area contributed by atoms with Crippen molar-refractivity contribution in [3.63, 3.8) is 0 Å². The number of hydrogen-bond acceptors (Lipinski definition) is 3. The Morgan fingerprint density at radius 3 is 2.60 bits per heavy atom. The molecule has 0 spiro atoms. The predicted octanol–water partition coefficient (Wildman–Crippen LogP) is 3.52. The Balaban J connectivity index is 2.35. The number of benzene rings is 1. The van der Waals surface area contributed by atoms with Gasteiger partial charge in [0.25, 0.3) is 0 Å². The van der Waals surface area contributed by atoms with Crippen LogP contribution in [-0.4, -0.2) is 16.0 Å². The molecule has 1 heterocycles. The van der Waals surface area contributed by atoms with Gasteiger partial charge in [-0.1, -0.05) is 32.0 Å². The minimum Gasteiger partial charge on any atom is -0.289 e. The van der Waals surface area contributed by atoms with Gasteiger partial charge in [0.15, 0.2) is 5.78 Å². The van der Waals surface area contributed by atoms with Crippen molar-refractivity contribution >= 4 is 5.78 Å². The van der Waals surface area contributed by atoms with E-state index in [1.807, 2.05) is 32.0 Å². The molecule has 0 aliphatic carbocycles. The van der Waals surface area contributed by atoms with Crippen molar-refractivity contribution in [2.75, 3.05) is 0 Å². The van der Waals surface area contributed by atoms with E-state index < -0.39 is 0 Å². The lowest BCUT2D eigenvalue weighted by molar-refractivity contribution is 0.103. The highest BCUT2D eigenvalue weighted by Gasteiger charge is 2.14. The fraction of sp³-hybridized carbons (Fsp3) is 0.353. The monoisotopic (exact) mass is 268 g/mol. The highest BCUT2D eigenvalue weighted by atomic mass is 16.1. The van der Waals surface area contributed by atoms with Crippen LogP contribution >= 0.6 is 0 Å². The third kappa shape index (κ3) is 3.29. The second kappa shape index (κ2) is 5.95. The van der Waals surface area contributed by atoms with Gasteiger partial charge in [-0.15, -0.1) is 0 Å². The molecule has 0 fully saturated rings. The van der Waals surface area contributed by atoms with Crippen LogP contribution in [0.4, 0.5) is 0 Å². The Hall–Kier alpha value is -2.03. The first-order chi connectivity index (χ1) is 9.47. The fourth-order valence-corrected chi connectivity index (χ4v) is 2.25. The average molecular weight is 268 g/mol. The van der Waals surface area contributed by atoms with Crippen LogP contribution in [0.5, 0.6) is 0 Å². The first kappa shape index (κ1) is 14.4. The Labute approximate surface area is 120 Å². The van der Waals surface area contributed by atoms with E-state index in [1.165, 1.54) is 5.56 Å². The molecule has 2 rings (SSSR count). The van der Waals surface area contributed by atoms with Crippen LogP contribution in [0.3, 0.4) is 0 Å². The molecule has 1 aromatic carbocycles. The first-order valence-corrected chi connectivity index (χ1v) is 6.92. The van der Waals surface area contributed by atoms with Crippen LogP contribution in [0.2, 0.25) is 0 Å². The molecule has 2 aromatic rings. The summed E-state index contributed by atoms with van der Waals surface area (Å²) in [5, 5.41) is 8.00. The lowest BCUT2D eigenvalue weighted by Crippen LogP contribution is -2.08. The summed E-state index contributed by atoms with van der Waals surface area (Å²) in [6.07, 6.45) is 0.980. The smallest absolute Gasteiger partial charge is 0.194 e. The molecule has 0 aliphatic rings. The van der Waals surface area contributed by atoms with Crippen molar-refractivity contribution in [2.24, 2.45) is 5.92 Å². The number of ketones is 1. The summed E-state index contributed by atoms with van der Waals surface area (Å²) in [6.45, 7) is 8.01. The molecule has 104 valence electrons. The molecule has 0 radical (unpaired) electrons. The summed E-state index contributed by atoms with van der Waals surface area (Å²) in [4.78, 5) is 12.6. The summed E-state index contributed by atoms with van der Waals surface area (Å²) >= 11 is 0. The van der Waals surface area contributed by atoms with Crippen LogP contribution in [0.1, 0.15) is 46.7 Å². The summed E-state index contributed by atoms with van der Waals surface area (Å²) in [7, 11) is 0. The minimum absolute atomic E-state index is 0.0195. The number of hydrogen-bond donors (Lipinski definition) is 0. The highest BCUT2D eigenvalue weighted by Crippen LogP contribution is 2.16. The van der Waals surface area contributed by atoms with Crippen molar-refractivity contribution in [2.45, 2.75) is 34.1 Å². The van der Waals surface area contributed by atoms with E-state index in [9.17, 15) is 4.79 Å². The maximum atomic E-state index is 12.6. The van der Waals surface area contributed by atoms with E-state index in [2.05, 4.69) is 30.1 Å². The van der Waals surface area contributed by atoms with Crippen molar-refractivity contribution in [1.29, 1.82) is 0 Å². The number of carbonyl (C=O) groups is 1. The maximum Gasteiger partial charge on any atom is 0.194 e. The third-order valence-corrected chi connectivity index (χ3v) is 3.18. The second-order valence-corrected chi connectivity index (χ2v) is 5.61. The SMILES string of the molecule is Cc1cc(C(=O)c2cccc(CC(C)C)c2)c(C)nn1. The topological polar surface area (TPSA) is 42.9 Å². The molecule has 1 aromatic heterocycles. The van der Waals surface area contributed by atoms with Crippen molar-refractivity contribution in [3.05, 3.63) is 58.4 Å². The quantitative estimate of drug-likeness (QED) is 0.797. The molecule has 0 N–H and O–H groups in total. The Morgan fingerprint density at radius 1 is 1.15 bits per heavy atom. The molecule has 0 saturated heterocycles. The van der Waals surface area contributed by atoms with Gasteiger partial charge in [-0.3, -0.25) is 4.79 Å². The van der Waals surface area contributed by atoms with E-state index in [-0.39, 0.29) is 5.78 Å². The zero-order chi connectivity index (χ0) is 14.7. The highest BCUT2D eigenvalue weighted by molar-refractivity contribution is 6.09. The second-order valence-electron chi connectivity index (χ2n) is 5.61. The molecular formula is C17H20N2O. The van der Waals surface area contributed by atoms with Gasteiger partial charge in [0.1, 0.15) is 0 Å². The first-order valence-electron chi connectivity index (χ1n) is 6.92. The van der Waals surface area contributed by atoms with Gasteiger partial charge in [0.05, 0.1) is 11.4 Å². The third-order valence-electron chi connectivity index (χ3n) is 3.18. The van der Waals surface area contributed by atoms with Gasteiger partial charge in [0.2, 0.25) is 0 Å². The number of aromatic nitrogens is 2. The van der Waals surface area contributed by atoms with Crippen LogP contribution < -0.4 is 0 Å². The maximum absolute atomic E-state index is 12.6. The lowest BCUT2D eigenvalue weighted by atomic mass is 9.97. The molecule has 3 nitrogen and oxygen atoms in total. The Morgan fingerprint density at radius 2 is 1.90 bits per heavy atom. The molecule has 0 bridgehead atoms. The molecular weight excluding hydrogens is 248 g/mol. The van der Waals surface area contributed by atoms with E-state index in [1.54, 1.807) is 6.07 Å². The van der Waals surface area contributed by atoms with Crippen molar-refractivity contribution in [1.82, 2.24) is 10.2 Å². The van der Waals surface area contributed by atoms with Crippen LogP contribution in [0.25, 0.3) is 0 Å². The summed E-state index contributed by atoms with van der Waals surface area (Å²) < 4.78 is 0. The van der Waals surface area contributed by atoms with Crippen molar-refractivity contribution < 1.29 is 4.79 Å². The fourth-order valence-electron chi connectivity index (χ4n) is 2.25. The zero-order valence-corrected chi connectivity index (χ0v) is 12.5. The Bertz CT molecular complexity index is 633. The van der Waals surface area contributed by atoms with Gasteiger partial charge in [-0.2, -0.15) is 10.2 Å². The molecule has 0 atom stereocenters. The van der Waals surface area contributed by atoms with E-state index in [0.717, 1.165) is 17.7 Å². The summed E-state index contributed by atoms with van der Waals surface area (Å²) in [6, 6.07) is 9.67. The number of rotatable bonds is 4. The van der Waals surface area contributed by atoms with Gasteiger partial charge in [0, 0.05) is 11.1 Å². The van der Waals surface area contributed by atoms with Gasteiger partial charge < -0.3 is 0 Å². The van der Waals surface area contributed by atoms with Gasteiger partial charge >= 0.3 is 0 Å². The van der Waals surface area contributed by atoms with Crippen LogP contribution in [0, 0.1) is 19.8 Å². The summed E-state index contributed by atoms with van der Waals surface area (Å²) in [5.41, 5.74) is 3.99. The number of carbonyl (C=O) groups excluding carboxylic acids is 1. The molecule has 0 unspecified atom stereocenters. The molecule has 0 saturated carbocycles. The molecule has 0 amide bonds.